The SMILES string of the molecule is O[C@@H](c1ccccc1)C1C=CC=C1. The van der Waals surface area contributed by atoms with E-state index in [2.05, 4.69) is 0 Å². The second-order valence-electron chi connectivity index (χ2n) is 3.20. The van der Waals surface area contributed by atoms with Crippen LogP contribution in [0.25, 0.3) is 0 Å². The molecule has 1 heteroatoms. The Hall–Kier alpha value is -1.34. The van der Waals surface area contributed by atoms with Crippen molar-refractivity contribution in [1.29, 1.82) is 0 Å². The molecule has 0 spiro atoms. The second-order valence-corrected chi connectivity index (χ2v) is 3.20. The van der Waals surface area contributed by atoms with Gasteiger partial charge in [0.15, 0.2) is 0 Å². The van der Waals surface area contributed by atoms with E-state index in [0.717, 1.165) is 5.56 Å². The van der Waals surface area contributed by atoms with Gasteiger partial charge in [-0.15, -0.1) is 0 Å². The molecule has 66 valence electrons. The maximum Gasteiger partial charge on any atom is 0.0887 e. The molecule has 13 heavy (non-hydrogen) atoms. The Morgan fingerprint density at radius 2 is 1.62 bits per heavy atom. The molecule has 0 aromatic heterocycles. The van der Waals surface area contributed by atoms with Gasteiger partial charge < -0.3 is 5.11 Å². The van der Waals surface area contributed by atoms with Crippen LogP contribution in [0.3, 0.4) is 0 Å². The first-order valence-corrected chi connectivity index (χ1v) is 4.46. The van der Waals surface area contributed by atoms with E-state index < -0.39 is 6.10 Å². The van der Waals surface area contributed by atoms with E-state index in [1.165, 1.54) is 0 Å². The number of aliphatic hydroxyl groups is 1. The number of allylic oxidation sites excluding steroid dienone is 2. The van der Waals surface area contributed by atoms with E-state index in [0.29, 0.717) is 0 Å². The minimum atomic E-state index is -0.406. The van der Waals surface area contributed by atoms with E-state index in [4.69, 9.17) is 0 Å². The highest BCUT2D eigenvalue weighted by Gasteiger charge is 2.16. The van der Waals surface area contributed by atoms with Crippen LogP contribution in [0.4, 0.5) is 0 Å². The van der Waals surface area contributed by atoms with E-state index >= 15 is 0 Å². The quantitative estimate of drug-likeness (QED) is 0.726. The summed E-state index contributed by atoms with van der Waals surface area (Å²) in [5.74, 6) is 0.141. The zero-order valence-electron chi connectivity index (χ0n) is 7.30. The van der Waals surface area contributed by atoms with Crippen LogP contribution in [0, 0.1) is 5.92 Å². The van der Waals surface area contributed by atoms with Gasteiger partial charge in [-0.1, -0.05) is 54.6 Å². The van der Waals surface area contributed by atoms with Gasteiger partial charge >= 0.3 is 0 Å². The zero-order chi connectivity index (χ0) is 9.10. The topological polar surface area (TPSA) is 20.2 Å². The molecule has 0 bridgehead atoms. The van der Waals surface area contributed by atoms with Crippen molar-refractivity contribution in [3.8, 4) is 0 Å². The maximum atomic E-state index is 9.92. The molecule has 0 unspecified atom stereocenters. The molecule has 0 heterocycles. The van der Waals surface area contributed by atoms with Gasteiger partial charge in [0.05, 0.1) is 6.10 Å². The molecule has 0 amide bonds. The third-order valence-electron chi connectivity index (χ3n) is 2.28. The molecule has 0 fully saturated rings. The Bertz CT molecular complexity index is 312. The molecule has 1 atom stereocenters. The number of benzene rings is 1. The summed E-state index contributed by atoms with van der Waals surface area (Å²) in [6.45, 7) is 0. The van der Waals surface area contributed by atoms with Gasteiger partial charge in [-0.25, -0.2) is 0 Å². The van der Waals surface area contributed by atoms with Crippen molar-refractivity contribution in [2.45, 2.75) is 6.10 Å². The highest BCUT2D eigenvalue weighted by atomic mass is 16.3. The summed E-state index contributed by atoms with van der Waals surface area (Å²) in [7, 11) is 0. The van der Waals surface area contributed by atoms with Crippen LogP contribution in [-0.4, -0.2) is 5.11 Å². The number of rotatable bonds is 2. The molecule has 0 aliphatic heterocycles. The average Bonchev–Trinajstić information content (AvgIpc) is 2.71. The first-order valence-electron chi connectivity index (χ1n) is 4.46. The van der Waals surface area contributed by atoms with Crippen molar-refractivity contribution < 1.29 is 5.11 Å². The molecular formula is C12H12O. The van der Waals surface area contributed by atoms with Gasteiger partial charge in [-0.05, 0) is 5.56 Å². The van der Waals surface area contributed by atoms with Gasteiger partial charge in [-0.2, -0.15) is 0 Å². The normalized spacial score (nSPS) is 17.9. The minimum Gasteiger partial charge on any atom is -0.387 e. The Morgan fingerprint density at radius 1 is 1.00 bits per heavy atom. The lowest BCUT2D eigenvalue weighted by molar-refractivity contribution is 0.152. The number of hydrogen-bond donors (Lipinski definition) is 1. The standard InChI is InChI=1S/C12H12O/c13-12(11-8-4-5-9-11)10-6-2-1-3-7-10/h1-9,11-13H/t12-/m0/s1. The second kappa shape index (κ2) is 3.58. The van der Waals surface area contributed by atoms with Crippen LogP contribution >= 0.6 is 0 Å². The van der Waals surface area contributed by atoms with Crippen molar-refractivity contribution in [1.82, 2.24) is 0 Å². The Kier molecular flexibility index (Phi) is 2.28. The van der Waals surface area contributed by atoms with Crippen LogP contribution in [0.1, 0.15) is 11.7 Å². The molecule has 0 saturated carbocycles. The summed E-state index contributed by atoms with van der Waals surface area (Å²) in [5, 5.41) is 9.92. The Balaban J connectivity index is 2.18. The summed E-state index contributed by atoms with van der Waals surface area (Å²) in [6.07, 6.45) is 7.56. The van der Waals surface area contributed by atoms with E-state index in [1.54, 1.807) is 0 Å². The summed E-state index contributed by atoms with van der Waals surface area (Å²) in [5.41, 5.74) is 0.976. The molecule has 1 aromatic rings. The van der Waals surface area contributed by atoms with E-state index in [-0.39, 0.29) is 5.92 Å². The smallest absolute Gasteiger partial charge is 0.0887 e. The molecule has 1 aliphatic rings. The summed E-state index contributed by atoms with van der Waals surface area (Å²) in [4.78, 5) is 0. The van der Waals surface area contributed by atoms with E-state index in [1.807, 2.05) is 54.6 Å². The highest BCUT2D eigenvalue weighted by molar-refractivity contribution is 5.26. The summed E-state index contributed by atoms with van der Waals surface area (Å²) in [6, 6.07) is 9.74. The van der Waals surface area contributed by atoms with Gasteiger partial charge in [0.25, 0.3) is 0 Å². The summed E-state index contributed by atoms with van der Waals surface area (Å²) < 4.78 is 0. The van der Waals surface area contributed by atoms with Crippen LogP contribution in [0.15, 0.2) is 54.6 Å². The predicted octanol–water partition coefficient (Wildman–Crippen LogP) is 2.46. The molecule has 1 aromatic carbocycles. The minimum absolute atomic E-state index is 0.141. The lowest BCUT2D eigenvalue weighted by Crippen LogP contribution is -2.06. The van der Waals surface area contributed by atoms with Crippen molar-refractivity contribution >= 4 is 0 Å². The fraction of sp³-hybridized carbons (Fsp3) is 0.167. The van der Waals surface area contributed by atoms with Gasteiger partial charge in [0, 0.05) is 5.92 Å². The predicted molar refractivity (Wildman–Crippen MR) is 53.2 cm³/mol. The molecule has 1 aliphatic carbocycles. The monoisotopic (exact) mass is 172 g/mol. The highest BCUT2D eigenvalue weighted by Crippen LogP contribution is 2.26. The maximum absolute atomic E-state index is 9.92. The van der Waals surface area contributed by atoms with Crippen molar-refractivity contribution in [2.24, 2.45) is 5.92 Å². The van der Waals surface area contributed by atoms with Crippen LogP contribution < -0.4 is 0 Å². The van der Waals surface area contributed by atoms with Crippen molar-refractivity contribution in [3.05, 3.63) is 60.2 Å². The Morgan fingerprint density at radius 3 is 2.23 bits per heavy atom. The van der Waals surface area contributed by atoms with Crippen LogP contribution in [0.5, 0.6) is 0 Å². The third-order valence-corrected chi connectivity index (χ3v) is 2.28. The first-order chi connectivity index (χ1) is 6.38. The molecule has 2 rings (SSSR count). The van der Waals surface area contributed by atoms with Gasteiger partial charge in [-0.3, -0.25) is 0 Å². The fourth-order valence-corrected chi connectivity index (χ4v) is 1.53. The molecular weight excluding hydrogens is 160 g/mol. The largest absolute Gasteiger partial charge is 0.387 e. The third kappa shape index (κ3) is 1.70. The number of aliphatic hydroxyl groups excluding tert-OH is 1. The zero-order valence-corrected chi connectivity index (χ0v) is 7.30. The van der Waals surface area contributed by atoms with Crippen LogP contribution in [-0.2, 0) is 0 Å². The van der Waals surface area contributed by atoms with Crippen molar-refractivity contribution in [3.63, 3.8) is 0 Å². The molecule has 1 N–H and O–H groups in total. The van der Waals surface area contributed by atoms with Gasteiger partial charge in [0.2, 0.25) is 0 Å². The molecule has 1 nitrogen and oxygen atoms in total. The lowest BCUT2D eigenvalue weighted by Gasteiger charge is -2.14. The lowest BCUT2D eigenvalue weighted by atomic mass is 9.97. The fourth-order valence-electron chi connectivity index (χ4n) is 1.53. The Labute approximate surface area is 78.0 Å². The van der Waals surface area contributed by atoms with Gasteiger partial charge in [0.1, 0.15) is 0 Å². The average molecular weight is 172 g/mol. The first kappa shape index (κ1) is 8.27. The number of hydrogen-bond acceptors (Lipinski definition) is 1. The van der Waals surface area contributed by atoms with E-state index in [9.17, 15) is 5.11 Å². The van der Waals surface area contributed by atoms with Crippen LogP contribution in [0.2, 0.25) is 0 Å². The van der Waals surface area contributed by atoms with Crippen molar-refractivity contribution in [2.75, 3.05) is 0 Å². The molecule has 0 saturated heterocycles. The summed E-state index contributed by atoms with van der Waals surface area (Å²) >= 11 is 0. The molecule has 0 radical (unpaired) electrons.